The number of carbonyl (C=O) groups is 1. The molecule has 0 spiro atoms. The van der Waals surface area contributed by atoms with Crippen molar-refractivity contribution >= 4 is 44.4 Å². The summed E-state index contributed by atoms with van der Waals surface area (Å²) >= 11 is 0. The van der Waals surface area contributed by atoms with Gasteiger partial charge in [-0.25, -0.2) is 9.97 Å². The first-order chi connectivity index (χ1) is 17.2. The van der Waals surface area contributed by atoms with E-state index in [0.29, 0.717) is 17.9 Å². The van der Waals surface area contributed by atoms with Crippen LogP contribution in [-0.4, -0.2) is 27.0 Å². The fraction of sp³-hybridized carbons (Fsp3) is 0.276. The summed E-state index contributed by atoms with van der Waals surface area (Å²) in [4.78, 5) is 22.1. The van der Waals surface area contributed by atoms with Crippen molar-refractivity contribution in [2.24, 2.45) is 0 Å². The number of nitrogens with one attached hydrogen (secondary N) is 1. The summed E-state index contributed by atoms with van der Waals surface area (Å²) in [6.07, 6.45) is 4.91. The number of unbranched alkanes of at least 4 members (excludes halogenated alkanes) is 2. The molecular formula is C29H31N5O. The van der Waals surface area contributed by atoms with Crippen molar-refractivity contribution in [1.29, 1.82) is 0 Å². The third-order valence-corrected chi connectivity index (χ3v) is 6.55. The van der Waals surface area contributed by atoms with E-state index in [2.05, 4.69) is 33.9 Å². The van der Waals surface area contributed by atoms with E-state index in [4.69, 9.17) is 10.7 Å². The Kier molecular flexibility index (Phi) is 6.62. The summed E-state index contributed by atoms with van der Waals surface area (Å²) in [5.74, 6) is 1.52. The molecule has 5 aromatic rings. The highest BCUT2D eigenvalue weighted by molar-refractivity contribution is 6.06. The lowest BCUT2D eigenvalue weighted by molar-refractivity contribution is 0.0953. The molecule has 3 N–H and O–H groups in total. The van der Waals surface area contributed by atoms with Gasteiger partial charge in [-0.15, -0.1) is 0 Å². The zero-order valence-electron chi connectivity index (χ0n) is 20.1. The Balaban J connectivity index is 1.29. The molecule has 0 bridgehead atoms. The minimum absolute atomic E-state index is 0.0303. The number of nitrogens with zero attached hydrogens (tertiary/aromatic N) is 3. The number of aromatic nitrogens is 3. The lowest BCUT2D eigenvalue weighted by Crippen LogP contribution is -2.24. The summed E-state index contributed by atoms with van der Waals surface area (Å²) in [6.45, 7) is 3.65. The Hall–Kier alpha value is -3.93. The maximum Gasteiger partial charge on any atom is 0.251 e. The molecule has 1 amide bonds. The largest absolute Gasteiger partial charge is 0.382 e. The highest BCUT2D eigenvalue weighted by Crippen LogP contribution is 2.29. The van der Waals surface area contributed by atoms with Crippen LogP contribution in [0.15, 0.2) is 66.7 Å². The number of para-hydroxylation sites is 1. The van der Waals surface area contributed by atoms with Crippen LogP contribution >= 0.6 is 0 Å². The highest BCUT2D eigenvalue weighted by Gasteiger charge is 2.17. The zero-order valence-corrected chi connectivity index (χ0v) is 20.1. The van der Waals surface area contributed by atoms with Crippen molar-refractivity contribution in [3.8, 4) is 0 Å². The summed E-state index contributed by atoms with van der Waals surface area (Å²) in [5, 5.41) is 6.37. The topological polar surface area (TPSA) is 85.8 Å². The van der Waals surface area contributed by atoms with Gasteiger partial charge < -0.3 is 15.6 Å². The second-order valence-electron chi connectivity index (χ2n) is 9.02. The predicted octanol–water partition coefficient (Wildman–Crippen LogP) is 5.87. The van der Waals surface area contributed by atoms with Crippen LogP contribution in [0.25, 0.3) is 32.7 Å². The first kappa shape index (κ1) is 22.8. The number of hydrogen-bond donors (Lipinski definition) is 2. The van der Waals surface area contributed by atoms with Crippen molar-refractivity contribution < 1.29 is 4.79 Å². The predicted molar refractivity (Wildman–Crippen MR) is 144 cm³/mol. The first-order valence-electron chi connectivity index (χ1n) is 12.5. The summed E-state index contributed by atoms with van der Waals surface area (Å²) in [7, 11) is 0. The molecule has 0 radical (unpaired) electrons. The molecule has 178 valence electrons. The van der Waals surface area contributed by atoms with Gasteiger partial charge in [-0.3, -0.25) is 4.79 Å². The minimum atomic E-state index is -0.0303. The van der Waals surface area contributed by atoms with Crippen molar-refractivity contribution in [3.05, 3.63) is 78.1 Å². The van der Waals surface area contributed by atoms with Gasteiger partial charge in [0, 0.05) is 30.5 Å². The Morgan fingerprint density at radius 2 is 1.74 bits per heavy atom. The molecule has 35 heavy (non-hydrogen) atoms. The third-order valence-electron chi connectivity index (χ3n) is 6.55. The third kappa shape index (κ3) is 4.69. The van der Waals surface area contributed by atoms with Gasteiger partial charge in [-0.05, 0) is 48.2 Å². The second-order valence-corrected chi connectivity index (χ2v) is 9.02. The Labute approximate surface area is 205 Å². The second kappa shape index (κ2) is 10.1. The lowest BCUT2D eigenvalue weighted by atomic mass is 10.1. The molecule has 0 fully saturated rings. The Morgan fingerprint density at radius 3 is 2.60 bits per heavy atom. The van der Waals surface area contributed by atoms with Crippen molar-refractivity contribution in [2.75, 3.05) is 12.3 Å². The number of pyridine rings is 1. The van der Waals surface area contributed by atoms with Crippen LogP contribution in [0.5, 0.6) is 0 Å². The number of imidazole rings is 1. The summed E-state index contributed by atoms with van der Waals surface area (Å²) in [5.41, 5.74) is 9.75. The number of rotatable bonds is 9. The maximum atomic E-state index is 12.7. The van der Waals surface area contributed by atoms with Gasteiger partial charge in [0.1, 0.15) is 11.3 Å². The SMILES string of the molecule is CCCCc1nc2c(N)nc3ccccc3c2n1CCCCNC(=O)c1ccc2ccccc2c1. The van der Waals surface area contributed by atoms with E-state index in [-0.39, 0.29) is 5.91 Å². The number of anilines is 1. The molecule has 5 rings (SSSR count). The summed E-state index contributed by atoms with van der Waals surface area (Å²) in [6, 6.07) is 22.0. The monoisotopic (exact) mass is 465 g/mol. The molecule has 6 nitrogen and oxygen atoms in total. The number of amides is 1. The van der Waals surface area contributed by atoms with E-state index in [1.165, 1.54) is 0 Å². The number of carbonyl (C=O) groups excluding carboxylic acids is 1. The van der Waals surface area contributed by atoms with Crippen LogP contribution in [-0.2, 0) is 13.0 Å². The van der Waals surface area contributed by atoms with Gasteiger partial charge in [0.05, 0.1) is 11.0 Å². The molecule has 0 aliphatic heterocycles. The Bertz CT molecular complexity index is 1500. The van der Waals surface area contributed by atoms with E-state index < -0.39 is 0 Å². The van der Waals surface area contributed by atoms with Crippen LogP contribution in [0.1, 0.15) is 48.8 Å². The number of benzene rings is 3. The van der Waals surface area contributed by atoms with Crippen LogP contribution < -0.4 is 11.1 Å². The van der Waals surface area contributed by atoms with E-state index in [9.17, 15) is 4.79 Å². The molecule has 0 aliphatic rings. The first-order valence-corrected chi connectivity index (χ1v) is 12.5. The van der Waals surface area contributed by atoms with E-state index in [1.807, 2.05) is 54.6 Å². The fourth-order valence-corrected chi connectivity index (χ4v) is 4.70. The van der Waals surface area contributed by atoms with Gasteiger partial charge in [0.2, 0.25) is 0 Å². The zero-order chi connectivity index (χ0) is 24.2. The molecule has 2 heterocycles. The molecule has 0 aliphatic carbocycles. The Morgan fingerprint density at radius 1 is 0.943 bits per heavy atom. The van der Waals surface area contributed by atoms with Crippen LogP contribution in [0, 0.1) is 0 Å². The van der Waals surface area contributed by atoms with Gasteiger partial charge in [-0.1, -0.05) is 61.9 Å². The molecule has 2 aromatic heterocycles. The van der Waals surface area contributed by atoms with Gasteiger partial charge in [0.15, 0.2) is 5.82 Å². The van der Waals surface area contributed by atoms with Crippen LogP contribution in [0.4, 0.5) is 5.82 Å². The number of hydrogen-bond acceptors (Lipinski definition) is 4. The van der Waals surface area contributed by atoms with Gasteiger partial charge >= 0.3 is 0 Å². The molecule has 0 saturated carbocycles. The molecule has 6 heteroatoms. The molecule has 0 saturated heterocycles. The van der Waals surface area contributed by atoms with Crippen molar-refractivity contribution in [2.45, 2.75) is 45.6 Å². The lowest BCUT2D eigenvalue weighted by Gasteiger charge is -2.11. The summed E-state index contributed by atoms with van der Waals surface area (Å²) < 4.78 is 2.32. The van der Waals surface area contributed by atoms with Crippen molar-refractivity contribution in [1.82, 2.24) is 19.9 Å². The molecule has 0 atom stereocenters. The number of aryl methyl sites for hydroxylation is 2. The van der Waals surface area contributed by atoms with Gasteiger partial charge in [0.25, 0.3) is 5.91 Å². The van der Waals surface area contributed by atoms with Gasteiger partial charge in [-0.2, -0.15) is 0 Å². The average Bonchev–Trinajstić information content (AvgIpc) is 3.26. The van der Waals surface area contributed by atoms with E-state index >= 15 is 0 Å². The van der Waals surface area contributed by atoms with E-state index in [1.54, 1.807) is 0 Å². The normalized spacial score (nSPS) is 11.5. The molecule has 3 aromatic carbocycles. The minimum Gasteiger partial charge on any atom is -0.382 e. The molecular weight excluding hydrogens is 434 g/mol. The number of nitrogens with two attached hydrogens (primary N) is 1. The fourth-order valence-electron chi connectivity index (χ4n) is 4.70. The van der Waals surface area contributed by atoms with Crippen molar-refractivity contribution in [3.63, 3.8) is 0 Å². The highest BCUT2D eigenvalue weighted by atomic mass is 16.1. The van der Waals surface area contributed by atoms with Crippen LogP contribution in [0.3, 0.4) is 0 Å². The van der Waals surface area contributed by atoms with Crippen LogP contribution in [0.2, 0.25) is 0 Å². The maximum absolute atomic E-state index is 12.7. The number of fused-ring (bicyclic) bond motifs is 4. The standard InChI is InChI=1S/C29H31N5O/c1-2-3-14-25-33-26-27(23-12-6-7-13-24(23)32-28(26)30)34(25)18-9-8-17-31-29(35)22-16-15-20-10-4-5-11-21(20)19-22/h4-7,10-13,15-16,19H,2-3,8-9,14,17-18H2,1H3,(H2,30,32)(H,31,35). The van der Waals surface area contributed by atoms with E-state index in [0.717, 1.165) is 77.2 Å². The quantitative estimate of drug-likeness (QED) is 0.267. The smallest absolute Gasteiger partial charge is 0.251 e. The average molecular weight is 466 g/mol. The molecule has 0 unspecified atom stereocenters. The number of nitrogen functional groups attached to an aromatic ring is 1.